The van der Waals surface area contributed by atoms with Crippen molar-refractivity contribution in [1.82, 2.24) is 0 Å². The Kier molecular flexibility index (Phi) is 2.40. The smallest absolute Gasteiger partial charge is 0.0203 e. The van der Waals surface area contributed by atoms with Crippen molar-refractivity contribution in [2.75, 3.05) is 0 Å². The molecule has 2 bridgehead atoms. The monoisotopic (exact) mass is 228 g/mol. The van der Waals surface area contributed by atoms with E-state index in [2.05, 4.69) is 45.0 Å². The van der Waals surface area contributed by atoms with E-state index in [0.717, 1.165) is 5.92 Å². The highest BCUT2D eigenvalue weighted by Crippen LogP contribution is 2.66. The van der Waals surface area contributed by atoms with Gasteiger partial charge in [-0.15, -0.1) is 0 Å². The zero-order valence-corrected chi connectivity index (χ0v) is 11.4. The highest BCUT2D eigenvalue weighted by Gasteiger charge is 2.58. The first-order valence-electron chi connectivity index (χ1n) is 7.10. The van der Waals surface area contributed by atoms with E-state index < -0.39 is 0 Å². The Labute approximate surface area is 105 Å². The lowest BCUT2D eigenvalue weighted by molar-refractivity contribution is 0.127. The van der Waals surface area contributed by atoms with Crippen molar-refractivity contribution in [2.24, 2.45) is 16.7 Å². The second kappa shape index (κ2) is 3.60. The average Bonchev–Trinajstić information content (AvgIpc) is 2.68. The van der Waals surface area contributed by atoms with E-state index >= 15 is 0 Å². The molecule has 0 amide bonds. The molecule has 0 nitrogen and oxygen atoms in total. The molecule has 0 aromatic heterocycles. The predicted molar refractivity (Wildman–Crippen MR) is 73.1 cm³/mol. The lowest BCUT2D eigenvalue weighted by Crippen LogP contribution is -2.33. The van der Waals surface area contributed by atoms with Crippen LogP contribution in [-0.2, 0) is 6.42 Å². The van der Waals surface area contributed by atoms with Gasteiger partial charge < -0.3 is 0 Å². The molecule has 1 atom stereocenters. The predicted octanol–water partition coefficient (Wildman–Crippen LogP) is 4.75. The van der Waals surface area contributed by atoms with Crippen molar-refractivity contribution in [3.8, 4) is 0 Å². The minimum atomic E-state index is 0.555. The maximum absolute atomic E-state index is 2.56. The molecule has 0 aliphatic heterocycles. The Morgan fingerprint density at radius 3 is 2.29 bits per heavy atom. The van der Waals surface area contributed by atoms with Crippen LogP contribution >= 0.6 is 0 Å². The van der Waals surface area contributed by atoms with Gasteiger partial charge in [0, 0.05) is 0 Å². The van der Waals surface area contributed by atoms with Crippen LogP contribution in [0.1, 0.15) is 50.7 Å². The number of hydrogen-bond acceptors (Lipinski definition) is 0. The largest absolute Gasteiger partial charge is 0.0620 e. The normalized spacial score (nSPS) is 39.8. The second-order valence-corrected chi connectivity index (χ2v) is 6.86. The van der Waals surface area contributed by atoms with Crippen molar-refractivity contribution in [2.45, 2.75) is 52.9 Å². The summed E-state index contributed by atoms with van der Waals surface area (Å²) < 4.78 is 0. The molecule has 0 heterocycles. The second-order valence-electron chi connectivity index (χ2n) is 6.86. The molecule has 2 fully saturated rings. The fourth-order valence-corrected chi connectivity index (χ4v) is 4.52. The minimum absolute atomic E-state index is 0.555. The molecule has 1 aromatic carbocycles. The molecule has 92 valence electrons. The Morgan fingerprint density at radius 2 is 1.76 bits per heavy atom. The van der Waals surface area contributed by atoms with Crippen molar-refractivity contribution < 1.29 is 0 Å². The van der Waals surface area contributed by atoms with Crippen molar-refractivity contribution in [1.29, 1.82) is 0 Å². The molecule has 2 saturated carbocycles. The van der Waals surface area contributed by atoms with Crippen molar-refractivity contribution >= 4 is 0 Å². The lowest BCUT2D eigenvalue weighted by atomic mass is 9.66. The van der Waals surface area contributed by atoms with Crippen LogP contribution in [0.25, 0.3) is 0 Å². The number of hydrogen-bond donors (Lipinski definition) is 0. The third-order valence-corrected chi connectivity index (χ3v) is 6.19. The van der Waals surface area contributed by atoms with Crippen LogP contribution in [0.5, 0.6) is 0 Å². The summed E-state index contributed by atoms with van der Waals surface area (Å²) in [6, 6.07) is 8.95. The van der Waals surface area contributed by atoms with E-state index in [9.17, 15) is 0 Å². The molecule has 2 aliphatic rings. The van der Waals surface area contributed by atoms with Crippen LogP contribution < -0.4 is 0 Å². The standard InChI is InChI=1S/C17H24/c1-13-6-4-5-7-14(13)12-17(3)15-8-10-16(17,2)11-9-15/h4-7,15H,8-12H2,1-3H3. The van der Waals surface area contributed by atoms with Gasteiger partial charge >= 0.3 is 0 Å². The maximum atomic E-state index is 2.56. The zero-order chi connectivity index (χ0) is 12.1. The molecule has 1 aromatic rings. The van der Waals surface area contributed by atoms with Crippen LogP contribution in [0.2, 0.25) is 0 Å². The van der Waals surface area contributed by atoms with Gasteiger partial charge in [0.1, 0.15) is 0 Å². The highest BCUT2D eigenvalue weighted by molar-refractivity contribution is 5.28. The first-order valence-corrected chi connectivity index (χ1v) is 7.10. The van der Waals surface area contributed by atoms with Crippen LogP contribution in [0, 0.1) is 23.7 Å². The molecule has 0 spiro atoms. The van der Waals surface area contributed by atoms with Crippen molar-refractivity contribution in [3.05, 3.63) is 35.4 Å². The van der Waals surface area contributed by atoms with Gasteiger partial charge in [-0.05, 0) is 66.9 Å². The topological polar surface area (TPSA) is 0 Å². The molecule has 17 heavy (non-hydrogen) atoms. The molecular weight excluding hydrogens is 204 g/mol. The first-order chi connectivity index (χ1) is 8.05. The van der Waals surface area contributed by atoms with E-state index in [1.165, 1.54) is 37.7 Å². The fraction of sp³-hybridized carbons (Fsp3) is 0.647. The molecule has 3 rings (SSSR count). The summed E-state index contributed by atoms with van der Waals surface area (Å²) in [6.45, 7) is 7.36. The third-order valence-electron chi connectivity index (χ3n) is 6.19. The van der Waals surface area contributed by atoms with Gasteiger partial charge in [-0.2, -0.15) is 0 Å². The number of aryl methyl sites for hydroxylation is 1. The van der Waals surface area contributed by atoms with Gasteiger partial charge in [-0.25, -0.2) is 0 Å². The highest BCUT2D eigenvalue weighted by atomic mass is 14.6. The van der Waals surface area contributed by atoms with Gasteiger partial charge in [-0.3, -0.25) is 0 Å². The van der Waals surface area contributed by atoms with Crippen LogP contribution in [0.3, 0.4) is 0 Å². The zero-order valence-electron chi connectivity index (χ0n) is 11.4. The first kappa shape index (κ1) is 11.3. The van der Waals surface area contributed by atoms with E-state index in [0.29, 0.717) is 10.8 Å². The van der Waals surface area contributed by atoms with Crippen LogP contribution in [-0.4, -0.2) is 0 Å². The summed E-state index contributed by atoms with van der Waals surface area (Å²) in [7, 11) is 0. The van der Waals surface area contributed by atoms with E-state index in [4.69, 9.17) is 0 Å². The molecule has 1 unspecified atom stereocenters. The quantitative estimate of drug-likeness (QED) is 0.685. The molecule has 0 saturated heterocycles. The van der Waals surface area contributed by atoms with Crippen LogP contribution in [0.4, 0.5) is 0 Å². The summed E-state index contributed by atoms with van der Waals surface area (Å²) in [5, 5.41) is 0. The van der Waals surface area contributed by atoms with Gasteiger partial charge in [0.05, 0.1) is 0 Å². The third kappa shape index (κ3) is 1.49. The molecule has 0 heteroatoms. The Bertz CT molecular complexity index is 423. The molecule has 0 radical (unpaired) electrons. The lowest BCUT2D eigenvalue weighted by Gasteiger charge is -2.39. The Hall–Kier alpha value is -0.780. The van der Waals surface area contributed by atoms with Gasteiger partial charge in [0.25, 0.3) is 0 Å². The summed E-state index contributed by atoms with van der Waals surface area (Å²) in [5.41, 5.74) is 4.22. The number of benzene rings is 1. The van der Waals surface area contributed by atoms with Crippen LogP contribution in [0.15, 0.2) is 24.3 Å². The maximum Gasteiger partial charge on any atom is -0.0203 e. The van der Waals surface area contributed by atoms with E-state index in [-0.39, 0.29) is 0 Å². The summed E-state index contributed by atoms with van der Waals surface area (Å²) in [4.78, 5) is 0. The summed E-state index contributed by atoms with van der Waals surface area (Å²) in [5.74, 6) is 0.979. The Balaban J connectivity index is 1.93. The van der Waals surface area contributed by atoms with Gasteiger partial charge in [-0.1, -0.05) is 38.1 Å². The molecular formula is C17H24. The van der Waals surface area contributed by atoms with E-state index in [1.54, 1.807) is 5.56 Å². The van der Waals surface area contributed by atoms with Gasteiger partial charge in [0.15, 0.2) is 0 Å². The number of fused-ring (bicyclic) bond motifs is 2. The SMILES string of the molecule is Cc1ccccc1CC1(C)C2CCC1(C)CC2. The average molecular weight is 228 g/mol. The van der Waals surface area contributed by atoms with Gasteiger partial charge in [0.2, 0.25) is 0 Å². The fourth-order valence-electron chi connectivity index (χ4n) is 4.52. The van der Waals surface area contributed by atoms with E-state index in [1.807, 2.05) is 0 Å². The molecule has 0 N–H and O–H groups in total. The summed E-state index contributed by atoms with van der Waals surface area (Å²) in [6.07, 6.45) is 7.15. The summed E-state index contributed by atoms with van der Waals surface area (Å²) >= 11 is 0. The number of rotatable bonds is 2. The van der Waals surface area contributed by atoms with Crippen molar-refractivity contribution in [3.63, 3.8) is 0 Å². The molecule has 2 aliphatic carbocycles. The Morgan fingerprint density at radius 1 is 1.12 bits per heavy atom. The minimum Gasteiger partial charge on any atom is -0.0620 e.